The zero-order valence-electron chi connectivity index (χ0n) is 16.9. The van der Waals surface area contributed by atoms with Crippen molar-refractivity contribution in [3.63, 3.8) is 0 Å². The van der Waals surface area contributed by atoms with Gasteiger partial charge in [-0.25, -0.2) is 4.39 Å². The summed E-state index contributed by atoms with van der Waals surface area (Å²) in [7, 11) is 0. The second-order valence-electron chi connectivity index (χ2n) is 7.51. The number of ketones is 1. The minimum Gasteiger partial charge on any atom is -0.363 e. The summed E-state index contributed by atoms with van der Waals surface area (Å²) in [6.07, 6.45) is 0. The Hall–Kier alpha value is -3.58. The van der Waals surface area contributed by atoms with Crippen LogP contribution in [-0.2, 0) is 6.54 Å². The third-order valence-electron chi connectivity index (χ3n) is 5.54. The van der Waals surface area contributed by atoms with Crippen molar-refractivity contribution in [2.24, 2.45) is 0 Å². The Morgan fingerprint density at radius 2 is 1.58 bits per heavy atom. The van der Waals surface area contributed by atoms with Crippen molar-refractivity contribution in [3.8, 4) is 0 Å². The van der Waals surface area contributed by atoms with Crippen LogP contribution in [0.3, 0.4) is 0 Å². The highest BCUT2D eigenvalue weighted by molar-refractivity contribution is 6.09. The topological polar surface area (TPSA) is 66.7 Å². The van der Waals surface area contributed by atoms with Crippen LogP contribution in [0.2, 0.25) is 0 Å². The Kier molecular flexibility index (Phi) is 6.04. The predicted molar refractivity (Wildman–Crippen MR) is 117 cm³/mol. The first-order valence-corrected chi connectivity index (χ1v) is 10.1. The van der Waals surface area contributed by atoms with Crippen molar-refractivity contribution >= 4 is 17.2 Å². The molecule has 0 spiro atoms. The van der Waals surface area contributed by atoms with Crippen molar-refractivity contribution in [2.45, 2.75) is 6.54 Å². The van der Waals surface area contributed by atoms with Crippen LogP contribution in [0.5, 0.6) is 0 Å². The van der Waals surface area contributed by atoms with Gasteiger partial charge >= 0.3 is 0 Å². The highest BCUT2D eigenvalue weighted by atomic mass is 19.1. The summed E-state index contributed by atoms with van der Waals surface area (Å²) in [5.41, 5.74) is 1.85. The Morgan fingerprint density at radius 1 is 0.903 bits per heavy atom. The number of piperazine rings is 1. The zero-order valence-corrected chi connectivity index (χ0v) is 16.9. The lowest BCUT2D eigenvalue weighted by Gasteiger charge is -2.35. The van der Waals surface area contributed by atoms with Crippen LogP contribution in [0, 0.1) is 15.9 Å². The maximum absolute atomic E-state index is 13.9. The molecule has 158 valence electrons. The fourth-order valence-electron chi connectivity index (χ4n) is 3.85. The van der Waals surface area contributed by atoms with Gasteiger partial charge in [0.25, 0.3) is 5.69 Å². The highest BCUT2D eigenvalue weighted by Crippen LogP contribution is 2.31. The summed E-state index contributed by atoms with van der Waals surface area (Å²) in [6, 6.07) is 20.1. The van der Waals surface area contributed by atoms with E-state index in [1.54, 1.807) is 48.5 Å². The predicted octanol–water partition coefficient (Wildman–Crippen LogP) is 4.29. The van der Waals surface area contributed by atoms with E-state index in [4.69, 9.17) is 0 Å². The van der Waals surface area contributed by atoms with Crippen LogP contribution in [0.15, 0.2) is 72.8 Å². The lowest BCUT2D eigenvalue weighted by Crippen LogP contribution is -2.46. The van der Waals surface area contributed by atoms with Gasteiger partial charge in [0.1, 0.15) is 11.5 Å². The fourth-order valence-corrected chi connectivity index (χ4v) is 3.85. The lowest BCUT2D eigenvalue weighted by molar-refractivity contribution is -0.384. The molecule has 1 heterocycles. The van der Waals surface area contributed by atoms with E-state index in [0.717, 1.165) is 0 Å². The van der Waals surface area contributed by atoms with E-state index in [9.17, 15) is 19.3 Å². The molecular formula is C24H22FN3O3. The number of carbonyl (C=O) groups excluding carboxylic acids is 1. The summed E-state index contributed by atoms with van der Waals surface area (Å²) < 4.78 is 13.9. The molecule has 1 aliphatic heterocycles. The van der Waals surface area contributed by atoms with Gasteiger partial charge in [0.2, 0.25) is 0 Å². The van der Waals surface area contributed by atoms with Crippen molar-refractivity contribution in [1.82, 2.24) is 4.90 Å². The van der Waals surface area contributed by atoms with Crippen LogP contribution in [0.25, 0.3) is 0 Å². The van der Waals surface area contributed by atoms with Gasteiger partial charge < -0.3 is 4.90 Å². The molecule has 7 heteroatoms. The summed E-state index contributed by atoms with van der Waals surface area (Å²) in [5, 5.41) is 11.7. The highest BCUT2D eigenvalue weighted by Gasteiger charge is 2.25. The van der Waals surface area contributed by atoms with Crippen LogP contribution in [0.4, 0.5) is 15.8 Å². The van der Waals surface area contributed by atoms with Gasteiger partial charge in [-0.2, -0.15) is 0 Å². The molecular weight excluding hydrogens is 397 g/mol. The van der Waals surface area contributed by atoms with Crippen molar-refractivity contribution in [1.29, 1.82) is 0 Å². The molecule has 0 amide bonds. The summed E-state index contributed by atoms with van der Waals surface area (Å²) >= 11 is 0. The largest absolute Gasteiger partial charge is 0.363 e. The molecule has 4 rings (SSSR count). The number of nitro groups is 1. The number of benzene rings is 3. The third-order valence-corrected chi connectivity index (χ3v) is 5.54. The molecule has 0 aromatic heterocycles. The number of carbonyl (C=O) groups is 1. The van der Waals surface area contributed by atoms with Crippen LogP contribution < -0.4 is 4.90 Å². The average molecular weight is 419 g/mol. The molecule has 6 nitrogen and oxygen atoms in total. The van der Waals surface area contributed by atoms with Crippen LogP contribution in [-0.4, -0.2) is 41.8 Å². The maximum Gasteiger partial charge on any atom is 0.293 e. The molecule has 0 saturated carbocycles. The standard InChI is InChI=1S/C24H22FN3O3/c25-21-9-5-4-8-20(21)17-26-12-14-27(15-13-26)22-11-10-19(16-23(22)28(30)31)24(29)18-6-2-1-3-7-18/h1-11,16H,12-15,17H2. The quantitative estimate of drug-likeness (QED) is 0.339. The first-order valence-electron chi connectivity index (χ1n) is 10.1. The Bertz CT molecular complexity index is 1100. The van der Waals surface area contributed by atoms with E-state index >= 15 is 0 Å². The van der Waals surface area contributed by atoms with Crippen molar-refractivity contribution in [2.75, 3.05) is 31.1 Å². The van der Waals surface area contributed by atoms with Gasteiger partial charge in [0, 0.05) is 55.5 Å². The molecule has 0 radical (unpaired) electrons. The van der Waals surface area contributed by atoms with Crippen LogP contribution in [0.1, 0.15) is 21.5 Å². The molecule has 3 aromatic rings. The van der Waals surface area contributed by atoms with Gasteiger partial charge in [0.05, 0.1) is 4.92 Å². The number of nitrogens with zero attached hydrogens (tertiary/aromatic N) is 3. The molecule has 0 bridgehead atoms. The molecule has 1 fully saturated rings. The van der Waals surface area contributed by atoms with E-state index in [-0.39, 0.29) is 17.3 Å². The molecule has 0 N–H and O–H groups in total. The SMILES string of the molecule is O=C(c1ccccc1)c1ccc(N2CCN(Cc3ccccc3F)CC2)c([N+](=O)[O-])c1. The normalized spacial score (nSPS) is 14.4. The summed E-state index contributed by atoms with van der Waals surface area (Å²) in [6.45, 7) is 3.00. The van der Waals surface area contributed by atoms with Crippen LogP contribution >= 0.6 is 0 Å². The second-order valence-corrected chi connectivity index (χ2v) is 7.51. The van der Waals surface area contributed by atoms with E-state index in [1.165, 1.54) is 12.1 Å². The molecule has 1 aliphatic rings. The number of halogens is 1. The zero-order chi connectivity index (χ0) is 21.8. The number of hydrogen-bond donors (Lipinski definition) is 0. The minimum absolute atomic E-state index is 0.0793. The summed E-state index contributed by atoms with van der Waals surface area (Å²) in [5.74, 6) is -0.468. The molecule has 0 atom stereocenters. The number of hydrogen-bond acceptors (Lipinski definition) is 5. The Balaban J connectivity index is 1.49. The van der Waals surface area contributed by atoms with Gasteiger partial charge in [-0.05, 0) is 18.2 Å². The first kappa shape index (κ1) is 20.7. The molecule has 1 saturated heterocycles. The van der Waals surface area contributed by atoms with Gasteiger partial charge in [-0.15, -0.1) is 0 Å². The third kappa shape index (κ3) is 4.62. The van der Waals surface area contributed by atoms with E-state index in [0.29, 0.717) is 55.1 Å². The van der Waals surface area contributed by atoms with E-state index in [1.807, 2.05) is 17.0 Å². The average Bonchev–Trinajstić information content (AvgIpc) is 2.81. The fraction of sp³-hybridized carbons (Fsp3) is 0.208. The van der Waals surface area contributed by atoms with E-state index in [2.05, 4.69) is 4.90 Å². The van der Waals surface area contributed by atoms with Gasteiger partial charge in [-0.1, -0.05) is 48.5 Å². The maximum atomic E-state index is 13.9. The number of anilines is 1. The first-order chi connectivity index (χ1) is 15.0. The van der Waals surface area contributed by atoms with E-state index < -0.39 is 4.92 Å². The van der Waals surface area contributed by atoms with Gasteiger partial charge in [0.15, 0.2) is 5.78 Å². The molecule has 0 aliphatic carbocycles. The Morgan fingerprint density at radius 3 is 2.26 bits per heavy atom. The Labute approximate surface area is 179 Å². The minimum atomic E-state index is -0.442. The van der Waals surface area contributed by atoms with Crippen molar-refractivity contribution in [3.05, 3.63) is 105 Å². The molecule has 31 heavy (non-hydrogen) atoms. The number of nitro benzene ring substituents is 1. The second kappa shape index (κ2) is 9.06. The number of rotatable bonds is 6. The van der Waals surface area contributed by atoms with Gasteiger partial charge in [-0.3, -0.25) is 19.8 Å². The lowest BCUT2D eigenvalue weighted by atomic mass is 10.0. The molecule has 3 aromatic carbocycles. The summed E-state index contributed by atoms with van der Waals surface area (Å²) in [4.78, 5) is 28.1. The smallest absolute Gasteiger partial charge is 0.293 e. The van der Waals surface area contributed by atoms with Crippen molar-refractivity contribution < 1.29 is 14.1 Å². The monoisotopic (exact) mass is 419 g/mol. The molecule has 0 unspecified atom stereocenters.